The maximum Gasteiger partial charge on any atom is 0.0540 e. The van der Waals surface area contributed by atoms with Crippen LogP contribution in [0.2, 0.25) is 0 Å². The summed E-state index contributed by atoms with van der Waals surface area (Å²) in [6, 6.07) is 2.77. The SMILES string of the molecule is CC1CCN(Cc2sccc2C#CCCO)C(C)C1. The van der Waals surface area contributed by atoms with E-state index in [2.05, 4.69) is 42.0 Å². The van der Waals surface area contributed by atoms with E-state index in [9.17, 15) is 0 Å². The number of aliphatic hydroxyl groups is 1. The first-order valence-electron chi connectivity index (χ1n) is 7.11. The Bertz CT molecular complexity index is 457. The van der Waals surface area contributed by atoms with Gasteiger partial charge in [0.2, 0.25) is 0 Å². The van der Waals surface area contributed by atoms with Crippen LogP contribution in [0.1, 0.15) is 43.6 Å². The first-order valence-corrected chi connectivity index (χ1v) is 7.98. The maximum absolute atomic E-state index is 8.78. The van der Waals surface area contributed by atoms with Crippen molar-refractivity contribution in [2.75, 3.05) is 13.2 Å². The number of piperidine rings is 1. The molecule has 2 rings (SSSR count). The van der Waals surface area contributed by atoms with Gasteiger partial charge in [0.05, 0.1) is 6.61 Å². The number of aliphatic hydroxyl groups excluding tert-OH is 1. The molecule has 2 unspecified atom stereocenters. The Morgan fingerprint density at radius 1 is 1.47 bits per heavy atom. The number of hydrogen-bond acceptors (Lipinski definition) is 3. The van der Waals surface area contributed by atoms with Crippen molar-refractivity contribution >= 4 is 11.3 Å². The van der Waals surface area contributed by atoms with Crippen molar-refractivity contribution in [1.82, 2.24) is 4.90 Å². The highest BCUT2D eigenvalue weighted by Crippen LogP contribution is 2.26. The van der Waals surface area contributed by atoms with Gasteiger partial charge in [0.25, 0.3) is 0 Å². The van der Waals surface area contributed by atoms with Gasteiger partial charge in [-0.25, -0.2) is 0 Å². The lowest BCUT2D eigenvalue weighted by atomic mass is 9.93. The lowest BCUT2D eigenvalue weighted by molar-refractivity contribution is 0.123. The normalized spacial score (nSPS) is 23.9. The molecule has 1 N–H and O–H groups in total. The van der Waals surface area contributed by atoms with Crippen LogP contribution in [0.4, 0.5) is 0 Å². The van der Waals surface area contributed by atoms with Crippen LogP contribution in [-0.4, -0.2) is 29.2 Å². The minimum Gasteiger partial charge on any atom is -0.395 e. The minimum atomic E-state index is 0.146. The van der Waals surface area contributed by atoms with Crippen molar-refractivity contribution in [3.63, 3.8) is 0 Å². The number of likely N-dealkylation sites (tertiary alicyclic amines) is 1. The molecule has 3 heteroatoms. The fourth-order valence-electron chi connectivity index (χ4n) is 2.66. The zero-order chi connectivity index (χ0) is 13.7. The molecule has 1 fully saturated rings. The first-order chi connectivity index (χ1) is 9.20. The van der Waals surface area contributed by atoms with Crippen LogP contribution in [0.15, 0.2) is 11.4 Å². The average molecular weight is 277 g/mol. The Kier molecular flexibility index (Phi) is 5.45. The molecule has 0 spiro atoms. The summed E-state index contributed by atoms with van der Waals surface area (Å²) < 4.78 is 0. The fourth-order valence-corrected chi connectivity index (χ4v) is 3.52. The summed E-state index contributed by atoms with van der Waals surface area (Å²) in [5, 5.41) is 10.9. The number of hydrogen-bond donors (Lipinski definition) is 1. The molecule has 0 radical (unpaired) electrons. The summed E-state index contributed by atoms with van der Waals surface area (Å²) in [6.07, 6.45) is 3.17. The molecule has 0 amide bonds. The molecule has 1 saturated heterocycles. The van der Waals surface area contributed by atoms with Crippen LogP contribution in [0.25, 0.3) is 0 Å². The molecule has 2 nitrogen and oxygen atoms in total. The van der Waals surface area contributed by atoms with Gasteiger partial charge in [0, 0.05) is 29.4 Å². The van der Waals surface area contributed by atoms with Crippen molar-refractivity contribution in [1.29, 1.82) is 0 Å². The Labute approximate surface area is 120 Å². The van der Waals surface area contributed by atoms with Gasteiger partial charge in [-0.15, -0.1) is 11.3 Å². The molecular formula is C16H23NOS. The topological polar surface area (TPSA) is 23.5 Å². The van der Waals surface area contributed by atoms with Crippen LogP contribution in [0.5, 0.6) is 0 Å². The van der Waals surface area contributed by atoms with E-state index in [-0.39, 0.29) is 6.61 Å². The molecule has 104 valence electrons. The predicted octanol–water partition coefficient (Wildman–Crippen LogP) is 3.10. The molecule has 2 heterocycles. The van der Waals surface area contributed by atoms with E-state index in [4.69, 9.17) is 5.11 Å². The number of nitrogens with zero attached hydrogens (tertiary/aromatic N) is 1. The van der Waals surface area contributed by atoms with Gasteiger partial charge in [-0.3, -0.25) is 4.90 Å². The van der Waals surface area contributed by atoms with Crippen molar-refractivity contribution in [3.05, 3.63) is 21.9 Å². The smallest absolute Gasteiger partial charge is 0.0540 e. The Morgan fingerprint density at radius 2 is 2.32 bits per heavy atom. The lowest BCUT2D eigenvalue weighted by Crippen LogP contribution is -2.39. The first kappa shape index (κ1) is 14.6. The third kappa shape index (κ3) is 4.07. The van der Waals surface area contributed by atoms with Gasteiger partial charge in [0.15, 0.2) is 0 Å². The molecule has 1 aromatic rings. The number of thiophene rings is 1. The van der Waals surface area contributed by atoms with E-state index in [1.54, 1.807) is 11.3 Å². The maximum atomic E-state index is 8.78. The molecule has 1 aliphatic heterocycles. The van der Waals surface area contributed by atoms with Crippen molar-refractivity contribution in [2.45, 2.75) is 45.7 Å². The van der Waals surface area contributed by atoms with Crippen LogP contribution < -0.4 is 0 Å². The van der Waals surface area contributed by atoms with Crippen LogP contribution in [0.3, 0.4) is 0 Å². The van der Waals surface area contributed by atoms with E-state index >= 15 is 0 Å². The summed E-state index contributed by atoms with van der Waals surface area (Å²) in [6.45, 7) is 7.05. The molecular weight excluding hydrogens is 254 g/mol. The van der Waals surface area contributed by atoms with E-state index in [0.29, 0.717) is 12.5 Å². The zero-order valence-electron chi connectivity index (χ0n) is 11.9. The summed E-state index contributed by atoms with van der Waals surface area (Å²) >= 11 is 1.80. The highest BCUT2D eigenvalue weighted by Gasteiger charge is 2.23. The molecule has 1 aliphatic rings. The second kappa shape index (κ2) is 7.09. The van der Waals surface area contributed by atoms with Crippen LogP contribution in [0, 0.1) is 17.8 Å². The van der Waals surface area contributed by atoms with Gasteiger partial charge >= 0.3 is 0 Å². The molecule has 19 heavy (non-hydrogen) atoms. The molecule has 0 aromatic carbocycles. The average Bonchev–Trinajstić information content (AvgIpc) is 2.81. The second-order valence-corrected chi connectivity index (χ2v) is 6.48. The quantitative estimate of drug-likeness (QED) is 0.858. The summed E-state index contributed by atoms with van der Waals surface area (Å²) in [5.74, 6) is 7.06. The highest BCUT2D eigenvalue weighted by atomic mass is 32.1. The second-order valence-electron chi connectivity index (χ2n) is 5.48. The summed E-state index contributed by atoms with van der Waals surface area (Å²) in [7, 11) is 0. The third-order valence-corrected chi connectivity index (χ3v) is 4.73. The molecule has 2 atom stereocenters. The molecule has 0 bridgehead atoms. The van der Waals surface area contributed by atoms with Gasteiger partial charge in [-0.05, 0) is 43.7 Å². The minimum absolute atomic E-state index is 0.146. The molecule has 0 aliphatic carbocycles. The van der Waals surface area contributed by atoms with Gasteiger partial charge in [-0.2, -0.15) is 0 Å². The Balaban J connectivity index is 2.00. The summed E-state index contributed by atoms with van der Waals surface area (Å²) in [4.78, 5) is 3.94. The van der Waals surface area contributed by atoms with Crippen molar-refractivity contribution < 1.29 is 5.11 Å². The Morgan fingerprint density at radius 3 is 3.05 bits per heavy atom. The van der Waals surface area contributed by atoms with Gasteiger partial charge in [-0.1, -0.05) is 18.8 Å². The van der Waals surface area contributed by atoms with E-state index in [0.717, 1.165) is 18.0 Å². The van der Waals surface area contributed by atoms with Gasteiger partial charge in [0.1, 0.15) is 0 Å². The predicted molar refractivity (Wildman–Crippen MR) is 81.2 cm³/mol. The Hall–Kier alpha value is -0.820. The van der Waals surface area contributed by atoms with Gasteiger partial charge < -0.3 is 5.11 Å². The van der Waals surface area contributed by atoms with E-state index < -0.39 is 0 Å². The fraction of sp³-hybridized carbons (Fsp3) is 0.625. The monoisotopic (exact) mass is 277 g/mol. The van der Waals surface area contributed by atoms with E-state index in [1.165, 1.54) is 24.3 Å². The van der Waals surface area contributed by atoms with E-state index in [1.807, 2.05) is 0 Å². The molecule has 0 saturated carbocycles. The zero-order valence-corrected chi connectivity index (χ0v) is 12.7. The third-order valence-electron chi connectivity index (χ3n) is 3.83. The standard InChI is InChI=1S/C16H23NOS/c1-13-6-8-17(14(2)11-13)12-16-15(7-10-19-16)5-3-4-9-18/h7,10,13-14,18H,4,6,8-9,11-12H2,1-2H3. The molecule has 1 aromatic heterocycles. The summed E-state index contributed by atoms with van der Waals surface area (Å²) in [5.41, 5.74) is 1.14. The van der Waals surface area contributed by atoms with Crippen molar-refractivity contribution in [3.8, 4) is 11.8 Å². The van der Waals surface area contributed by atoms with Crippen molar-refractivity contribution in [2.24, 2.45) is 5.92 Å². The number of rotatable bonds is 3. The van der Waals surface area contributed by atoms with Crippen LogP contribution >= 0.6 is 11.3 Å². The van der Waals surface area contributed by atoms with Crippen LogP contribution in [-0.2, 0) is 6.54 Å². The lowest BCUT2D eigenvalue weighted by Gasteiger charge is -2.36. The highest BCUT2D eigenvalue weighted by molar-refractivity contribution is 7.10. The largest absolute Gasteiger partial charge is 0.395 e.